The number of oxazole rings is 1. The number of aliphatic hydroxyl groups is 1. The minimum Gasteiger partial charge on any atom is -0.496 e. The molecule has 0 aliphatic carbocycles. The third kappa shape index (κ3) is 3.62. The van der Waals surface area contributed by atoms with Crippen molar-refractivity contribution >= 4 is 17.0 Å². The molecular weight excluding hydrogens is 336 g/mol. The Morgan fingerprint density at radius 2 is 1.92 bits per heavy atom. The highest BCUT2D eigenvalue weighted by Gasteiger charge is 2.19. The highest BCUT2D eigenvalue weighted by atomic mass is 16.5. The first-order valence-corrected chi connectivity index (χ1v) is 8.23. The van der Waals surface area contributed by atoms with E-state index in [0.29, 0.717) is 16.8 Å². The minimum absolute atomic E-state index is 0.154. The zero-order chi connectivity index (χ0) is 18.5. The third-order valence-corrected chi connectivity index (χ3v) is 4.14. The number of hydrogen-bond donors (Lipinski definition) is 1. The Hall–Kier alpha value is -3.06. The van der Waals surface area contributed by atoms with Crippen LogP contribution < -0.4 is 10.5 Å². The number of benzene rings is 2. The standard InChI is InChI=1S/C19H20N2O5/c1-25-16-8-4-2-6-14(16)12-20(10-11-22)18(23)13-21-15-7-3-5-9-17(15)26-19(21)24/h2-9,22H,10-13H2,1H3. The molecule has 0 spiro atoms. The first-order valence-electron chi connectivity index (χ1n) is 8.23. The fourth-order valence-corrected chi connectivity index (χ4v) is 2.85. The number of carbonyl (C=O) groups excluding carboxylic acids is 1. The first-order chi connectivity index (χ1) is 12.6. The van der Waals surface area contributed by atoms with Gasteiger partial charge in [0.25, 0.3) is 0 Å². The first kappa shape index (κ1) is 17.8. The van der Waals surface area contributed by atoms with Crippen molar-refractivity contribution < 1.29 is 19.1 Å². The Kier molecular flexibility index (Phi) is 5.38. The highest BCUT2D eigenvalue weighted by Crippen LogP contribution is 2.19. The monoisotopic (exact) mass is 356 g/mol. The SMILES string of the molecule is COc1ccccc1CN(CCO)C(=O)Cn1c(=O)oc2ccccc21. The predicted molar refractivity (Wildman–Crippen MR) is 96.0 cm³/mol. The number of nitrogens with zero attached hydrogens (tertiary/aromatic N) is 2. The summed E-state index contributed by atoms with van der Waals surface area (Å²) in [6, 6.07) is 14.3. The van der Waals surface area contributed by atoms with Gasteiger partial charge in [-0.3, -0.25) is 9.36 Å². The molecule has 136 valence electrons. The molecule has 7 nitrogen and oxygen atoms in total. The van der Waals surface area contributed by atoms with Crippen molar-refractivity contribution in [3.8, 4) is 5.75 Å². The molecule has 0 unspecified atom stereocenters. The molecule has 3 aromatic rings. The van der Waals surface area contributed by atoms with Crippen molar-refractivity contribution in [1.29, 1.82) is 0 Å². The number of hydrogen-bond acceptors (Lipinski definition) is 5. The second-order valence-electron chi connectivity index (χ2n) is 5.77. The molecule has 3 rings (SSSR count). The molecule has 0 saturated carbocycles. The molecule has 1 aromatic heterocycles. The van der Waals surface area contributed by atoms with E-state index in [9.17, 15) is 14.7 Å². The topological polar surface area (TPSA) is 84.9 Å². The molecule has 0 aliphatic heterocycles. The molecule has 0 fully saturated rings. The smallest absolute Gasteiger partial charge is 0.420 e. The van der Waals surface area contributed by atoms with Crippen molar-refractivity contribution in [2.75, 3.05) is 20.3 Å². The van der Waals surface area contributed by atoms with E-state index in [1.807, 2.05) is 24.3 Å². The van der Waals surface area contributed by atoms with Gasteiger partial charge in [-0.2, -0.15) is 0 Å². The summed E-state index contributed by atoms with van der Waals surface area (Å²) in [6.07, 6.45) is 0. The van der Waals surface area contributed by atoms with Gasteiger partial charge < -0.3 is 19.2 Å². The van der Waals surface area contributed by atoms with Crippen LogP contribution in [0.1, 0.15) is 5.56 Å². The summed E-state index contributed by atoms with van der Waals surface area (Å²) in [5.74, 6) is -0.214. The molecule has 0 bridgehead atoms. The molecule has 0 aliphatic rings. The number of aliphatic hydroxyl groups excluding tert-OH is 1. The number of amides is 1. The molecule has 7 heteroatoms. The van der Waals surface area contributed by atoms with E-state index in [-0.39, 0.29) is 32.1 Å². The second-order valence-corrected chi connectivity index (χ2v) is 5.77. The minimum atomic E-state index is -0.583. The number of rotatable bonds is 7. The second kappa shape index (κ2) is 7.88. The van der Waals surface area contributed by atoms with E-state index in [4.69, 9.17) is 9.15 Å². The molecule has 1 heterocycles. The van der Waals surface area contributed by atoms with Gasteiger partial charge in [0.1, 0.15) is 12.3 Å². The van der Waals surface area contributed by atoms with Crippen LogP contribution in [0.3, 0.4) is 0 Å². The Morgan fingerprint density at radius 3 is 2.69 bits per heavy atom. The summed E-state index contributed by atoms with van der Waals surface area (Å²) < 4.78 is 11.8. The van der Waals surface area contributed by atoms with Gasteiger partial charge >= 0.3 is 5.76 Å². The maximum absolute atomic E-state index is 12.8. The van der Waals surface area contributed by atoms with Gasteiger partial charge in [0, 0.05) is 18.7 Å². The zero-order valence-corrected chi connectivity index (χ0v) is 14.4. The summed E-state index contributed by atoms with van der Waals surface area (Å²) in [5, 5.41) is 9.33. The molecule has 1 amide bonds. The lowest BCUT2D eigenvalue weighted by molar-refractivity contribution is -0.133. The van der Waals surface area contributed by atoms with Crippen LogP contribution in [-0.4, -0.2) is 40.7 Å². The Morgan fingerprint density at radius 1 is 1.19 bits per heavy atom. The predicted octanol–water partition coefficient (Wildman–Crippen LogP) is 1.62. The normalized spacial score (nSPS) is 10.8. The zero-order valence-electron chi connectivity index (χ0n) is 14.4. The van der Waals surface area contributed by atoms with Gasteiger partial charge in [-0.1, -0.05) is 30.3 Å². The van der Waals surface area contributed by atoms with Crippen LogP contribution in [0.5, 0.6) is 5.75 Å². The quantitative estimate of drug-likeness (QED) is 0.695. The van der Waals surface area contributed by atoms with Crippen LogP contribution in [0.25, 0.3) is 11.1 Å². The number of ether oxygens (including phenoxy) is 1. The van der Waals surface area contributed by atoms with E-state index < -0.39 is 5.76 Å². The average Bonchev–Trinajstić information content (AvgIpc) is 2.97. The number of carbonyl (C=O) groups is 1. The van der Waals surface area contributed by atoms with Gasteiger partial charge in [0.05, 0.1) is 19.2 Å². The van der Waals surface area contributed by atoms with E-state index in [2.05, 4.69) is 0 Å². The lowest BCUT2D eigenvalue weighted by Gasteiger charge is -2.23. The lowest BCUT2D eigenvalue weighted by atomic mass is 10.2. The maximum Gasteiger partial charge on any atom is 0.420 e. The summed E-state index contributed by atoms with van der Waals surface area (Å²) >= 11 is 0. The number of para-hydroxylation sites is 3. The van der Waals surface area contributed by atoms with Crippen molar-refractivity contribution in [1.82, 2.24) is 9.47 Å². The Labute approximate surface area is 150 Å². The molecule has 1 N–H and O–H groups in total. The summed E-state index contributed by atoms with van der Waals surface area (Å²) in [4.78, 5) is 26.3. The van der Waals surface area contributed by atoms with Crippen LogP contribution in [0.4, 0.5) is 0 Å². The number of methoxy groups -OCH3 is 1. The van der Waals surface area contributed by atoms with Crippen molar-refractivity contribution in [2.45, 2.75) is 13.1 Å². The van der Waals surface area contributed by atoms with Crippen LogP contribution in [0.2, 0.25) is 0 Å². The van der Waals surface area contributed by atoms with Crippen LogP contribution in [0, 0.1) is 0 Å². The number of fused-ring (bicyclic) bond motifs is 1. The molecule has 26 heavy (non-hydrogen) atoms. The van der Waals surface area contributed by atoms with Gasteiger partial charge in [-0.25, -0.2) is 4.79 Å². The van der Waals surface area contributed by atoms with E-state index in [1.54, 1.807) is 31.4 Å². The highest BCUT2D eigenvalue weighted by molar-refractivity contribution is 5.79. The fraction of sp³-hybridized carbons (Fsp3) is 0.263. The summed E-state index contributed by atoms with van der Waals surface area (Å²) in [5.41, 5.74) is 1.82. The molecular formula is C19H20N2O5. The van der Waals surface area contributed by atoms with Crippen LogP contribution in [-0.2, 0) is 17.9 Å². The fourth-order valence-electron chi connectivity index (χ4n) is 2.85. The van der Waals surface area contributed by atoms with Gasteiger partial charge in [0.15, 0.2) is 5.58 Å². The number of aromatic nitrogens is 1. The molecule has 0 saturated heterocycles. The summed E-state index contributed by atoms with van der Waals surface area (Å²) in [6.45, 7) is 0.0856. The van der Waals surface area contributed by atoms with Crippen molar-refractivity contribution in [3.05, 3.63) is 64.6 Å². The van der Waals surface area contributed by atoms with Crippen molar-refractivity contribution in [3.63, 3.8) is 0 Å². The van der Waals surface area contributed by atoms with E-state index >= 15 is 0 Å². The van der Waals surface area contributed by atoms with Gasteiger partial charge in [0.2, 0.25) is 5.91 Å². The van der Waals surface area contributed by atoms with Crippen LogP contribution >= 0.6 is 0 Å². The Bertz CT molecular complexity index is 960. The Balaban J connectivity index is 1.84. The summed E-state index contributed by atoms with van der Waals surface area (Å²) in [7, 11) is 1.56. The maximum atomic E-state index is 12.8. The van der Waals surface area contributed by atoms with E-state index in [1.165, 1.54) is 9.47 Å². The average molecular weight is 356 g/mol. The largest absolute Gasteiger partial charge is 0.496 e. The molecule has 0 atom stereocenters. The third-order valence-electron chi connectivity index (χ3n) is 4.14. The van der Waals surface area contributed by atoms with Crippen LogP contribution in [0.15, 0.2) is 57.7 Å². The molecule has 0 radical (unpaired) electrons. The lowest BCUT2D eigenvalue weighted by Crippen LogP contribution is -2.37. The van der Waals surface area contributed by atoms with E-state index in [0.717, 1.165) is 5.56 Å². The molecule has 2 aromatic carbocycles. The van der Waals surface area contributed by atoms with Gasteiger partial charge in [-0.15, -0.1) is 0 Å². The van der Waals surface area contributed by atoms with Gasteiger partial charge in [-0.05, 0) is 18.2 Å². The van der Waals surface area contributed by atoms with Crippen molar-refractivity contribution in [2.24, 2.45) is 0 Å².